The SMILES string of the molecule is Cc1cccc(CN2CCC(n3cc(CN4CCCC4)nn3)CC2)c1. The molecule has 1 aromatic heterocycles. The summed E-state index contributed by atoms with van der Waals surface area (Å²) >= 11 is 0. The van der Waals surface area contributed by atoms with Crippen molar-refractivity contribution in [3.63, 3.8) is 0 Å². The molecule has 2 aliphatic heterocycles. The van der Waals surface area contributed by atoms with Crippen molar-refractivity contribution in [2.75, 3.05) is 26.2 Å². The van der Waals surface area contributed by atoms with Gasteiger partial charge in [-0.2, -0.15) is 0 Å². The van der Waals surface area contributed by atoms with Crippen molar-refractivity contribution in [3.05, 3.63) is 47.3 Å². The third-order valence-corrected chi connectivity index (χ3v) is 5.56. The Balaban J connectivity index is 1.29. The lowest BCUT2D eigenvalue weighted by molar-refractivity contribution is 0.172. The normalized spacial score (nSPS) is 20.4. The number of likely N-dealkylation sites (tertiary alicyclic amines) is 2. The van der Waals surface area contributed by atoms with Crippen molar-refractivity contribution < 1.29 is 0 Å². The van der Waals surface area contributed by atoms with Crippen LogP contribution >= 0.6 is 0 Å². The van der Waals surface area contributed by atoms with E-state index in [4.69, 9.17) is 0 Å². The smallest absolute Gasteiger partial charge is 0.0967 e. The fourth-order valence-electron chi connectivity index (χ4n) is 4.14. The van der Waals surface area contributed by atoms with Crippen LogP contribution < -0.4 is 0 Å². The van der Waals surface area contributed by atoms with Crippen LogP contribution in [-0.4, -0.2) is 51.0 Å². The van der Waals surface area contributed by atoms with E-state index in [1.54, 1.807) is 0 Å². The van der Waals surface area contributed by atoms with Gasteiger partial charge < -0.3 is 0 Å². The van der Waals surface area contributed by atoms with E-state index in [1.165, 1.54) is 49.9 Å². The third kappa shape index (κ3) is 4.28. The highest BCUT2D eigenvalue weighted by Crippen LogP contribution is 2.23. The summed E-state index contributed by atoms with van der Waals surface area (Å²) in [4.78, 5) is 5.05. The van der Waals surface area contributed by atoms with Gasteiger partial charge in [-0.05, 0) is 51.3 Å². The summed E-state index contributed by atoms with van der Waals surface area (Å²) in [6, 6.07) is 9.37. The van der Waals surface area contributed by atoms with Crippen LogP contribution in [0.3, 0.4) is 0 Å². The number of nitrogens with zero attached hydrogens (tertiary/aromatic N) is 5. The van der Waals surface area contributed by atoms with Crippen molar-refractivity contribution in [2.45, 2.75) is 51.7 Å². The summed E-state index contributed by atoms with van der Waals surface area (Å²) in [6.07, 6.45) is 7.16. The van der Waals surface area contributed by atoms with E-state index in [1.807, 2.05) is 0 Å². The number of piperidine rings is 1. The second-order valence-electron chi connectivity index (χ2n) is 7.67. The summed E-state index contributed by atoms with van der Waals surface area (Å²) in [5.74, 6) is 0. The average Bonchev–Trinajstić information content (AvgIpc) is 3.28. The lowest BCUT2D eigenvalue weighted by Crippen LogP contribution is -2.34. The predicted molar refractivity (Wildman–Crippen MR) is 99.3 cm³/mol. The Morgan fingerprint density at radius 1 is 1.00 bits per heavy atom. The second-order valence-corrected chi connectivity index (χ2v) is 7.67. The summed E-state index contributed by atoms with van der Waals surface area (Å²) in [5, 5.41) is 8.83. The topological polar surface area (TPSA) is 37.2 Å². The van der Waals surface area contributed by atoms with Crippen LogP contribution in [0.2, 0.25) is 0 Å². The molecule has 2 saturated heterocycles. The van der Waals surface area contributed by atoms with Crippen LogP contribution in [0.5, 0.6) is 0 Å². The van der Waals surface area contributed by atoms with Crippen molar-refractivity contribution in [1.82, 2.24) is 24.8 Å². The lowest BCUT2D eigenvalue weighted by atomic mass is 10.0. The first kappa shape index (κ1) is 16.7. The molecule has 1 aromatic carbocycles. The number of rotatable bonds is 5. The van der Waals surface area contributed by atoms with Gasteiger partial charge in [0.25, 0.3) is 0 Å². The highest BCUT2D eigenvalue weighted by Gasteiger charge is 2.22. The molecule has 134 valence electrons. The van der Waals surface area contributed by atoms with Gasteiger partial charge in [-0.15, -0.1) is 5.10 Å². The van der Waals surface area contributed by atoms with E-state index in [9.17, 15) is 0 Å². The Hall–Kier alpha value is -1.72. The van der Waals surface area contributed by atoms with Crippen molar-refractivity contribution in [2.24, 2.45) is 0 Å². The van der Waals surface area contributed by atoms with Crippen molar-refractivity contribution in [1.29, 1.82) is 0 Å². The lowest BCUT2D eigenvalue weighted by Gasteiger charge is -2.31. The van der Waals surface area contributed by atoms with Gasteiger partial charge >= 0.3 is 0 Å². The summed E-state index contributed by atoms with van der Waals surface area (Å²) < 4.78 is 2.12. The van der Waals surface area contributed by atoms with Crippen molar-refractivity contribution >= 4 is 0 Å². The van der Waals surface area contributed by atoms with E-state index < -0.39 is 0 Å². The van der Waals surface area contributed by atoms with Gasteiger partial charge in [-0.3, -0.25) is 9.80 Å². The second kappa shape index (κ2) is 7.67. The maximum atomic E-state index is 4.42. The molecule has 25 heavy (non-hydrogen) atoms. The van der Waals surface area contributed by atoms with E-state index in [0.29, 0.717) is 6.04 Å². The molecule has 2 aliphatic rings. The highest BCUT2D eigenvalue weighted by atomic mass is 15.4. The van der Waals surface area contributed by atoms with Crippen LogP contribution in [0, 0.1) is 6.92 Å². The van der Waals surface area contributed by atoms with Gasteiger partial charge in [0.1, 0.15) is 0 Å². The van der Waals surface area contributed by atoms with Gasteiger partial charge in [0, 0.05) is 26.2 Å². The largest absolute Gasteiger partial charge is 0.299 e. The van der Waals surface area contributed by atoms with Gasteiger partial charge in [0.05, 0.1) is 17.9 Å². The fraction of sp³-hybridized carbons (Fsp3) is 0.600. The molecule has 0 amide bonds. The van der Waals surface area contributed by atoms with Crippen molar-refractivity contribution in [3.8, 4) is 0 Å². The van der Waals surface area contributed by atoms with Gasteiger partial charge in [0.2, 0.25) is 0 Å². The number of benzene rings is 1. The fourth-order valence-corrected chi connectivity index (χ4v) is 4.14. The Bertz CT molecular complexity index is 681. The number of hydrogen-bond acceptors (Lipinski definition) is 4. The zero-order valence-electron chi connectivity index (χ0n) is 15.3. The van der Waals surface area contributed by atoms with Crippen LogP contribution in [-0.2, 0) is 13.1 Å². The molecule has 0 radical (unpaired) electrons. The standard InChI is InChI=1S/C20H29N5/c1-17-5-4-6-18(13-17)14-24-11-7-20(8-12-24)25-16-19(21-22-25)15-23-9-2-3-10-23/h4-6,13,16,20H,2-3,7-12,14-15H2,1H3. The quantitative estimate of drug-likeness (QED) is 0.839. The Kier molecular flexibility index (Phi) is 5.13. The van der Waals surface area contributed by atoms with Crippen LogP contribution in [0.15, 0.2) is 30.5 Å². The first-order valence-corrected chi connectivity index (χ1v) is 9.67. The summed E-state index contributed by atoms with van der Waals surface area (Å²) in [5.41, 5.74) is 3.90. The molecule has 0 aliphatic carbocycles. The predicted octanol–water partition coefficient (Wildman–Crippen LogP) is 3.02. The first-order chi connectivity index (χ1) is 12.3. The van der Waals surface area contributed by atoms with E-state index in [2.05, 4.69) is 62.2 Å². The summed E-state index contributed by atoms with van der Waals surface area (Å²) in [6.45, 7) is 8.90. The zero-order valence-corrected chi connectivity index (χ0v) is 15.3. The highest BCUT2D eigenvalue weighted by molar-refractivity contribution is 5.22. The molecule has 2 fully saturated rings. The maximum Gasteiger partial charge on any atom is 0.0967 e. The van der Waals surface area contributed by atoms with Crippen LogP contribution in [0.4, 0.5) is 0 Å². The minimum Gasteiger partial charge on any atom is -0.299 e. The number of aryl methyl sites for hydroxylation is 1. The van der Waals surface area contributed by atoms with Gasteiger partial charge in [0.15, 0.2) is 0 Å². The molecular formula is C20H29N5. The van der Waals surface area contributed by atoms with Crippen LogP contribution in [0.25, 0.3) is 0 Å². The molecule has 3 heterocycles. The van der Waals surface area contributed by atoms with Gasteiger partial charge in [-0.1, -0.05) is 35.0 Å². The van der Waals surface area contributed by atoms with Crippen LogP contribution in [0.1, 0.15) is 48.5 Å². The molecule has 5 nitrogen and oxygen atoms in total. The zero-order chi connectivity index (χ0) is 17.1. The summed E-state index contributed by atoms with van der Waals surface area (Å²) in [7, 11) is 0. The minimum absolute atomic E-state index is 0.508. The Labute approximate surface area is 150 Å². The molecule has 0 atom stereocenters. The minimum atomic E-state index is 0.508. The third-order valence-electron chi connectivity index (χ3n) is 5.56. The molecule has 0 bridgehead atoms. The van der Waals surface area contributed by atoms with E-state index >= 15 is 0 Å². The first-order valence-electron chi connectivity index (χ1n) is 9.67. The molecular weight excluding hydrogens is 310 g/mol. The maximum absolute atomic E-state index is 4.42. The molecule has 0 spiro atoms. The van der Waals surface area contributed by atoms with E-state index in [0.717, 1.165) is 31.9 Å². The molecule has 0 saturated carbocycles. The molecule has 4 rings (SSSR count). The molecule has 2 aromatic rings. The average molecular weight is 339 g/mol. The monoisotopic (exact) mass is 339 g/mol. The Morgan fingerprint density at radius 2 is 1.76 bits per heavy atom. The van der Waals surface area contributed by atoms with Gasteiger partial charge in [-0.25, -0.2) is 4.68 Å². The Morgan fingerprint density at radius 3 is 2.52 bits per heavy atom. The number of aromatic nitrogens is 3. The molecule has 5 heteroatoms. The number of hydrogen-bond donors (Lipinski definition) is 0. The van der Waals surface area contributed by atoms with E-state index in [-0.39, 0.29) is 0 Å². The molecule has 0 N–H and O–H groups in total. The molecule has 0 unspecified atom stereocenters.